The highest BCUT2D eigenvalue weighted by Crippen LogP contribution is 2.28. The van der Waals surface area contributed by atoms with Gasteiger partial charge in [0.05, 0.1) is 5.56 Å². The van der Waals surface area contributed by atoms with Gasteiger partial charge in [-0.1, -0.05) is 12.1 Å². The lowest BCUT2D eigenvalue weighted by molar-refractivity contribution is 0.0928. The molecule has 1 N–H and O–H groups in total. The topological polar surface area (TPSA) is 32.3 Å². The van der Waals surface area contributed by atoms with Crippen LogP contribution in [0.4, 0.5) is 0 Å². The van der Waals surface area contributed by atoms with Crippen LogP contribution in [0.15, 0.2) is 22.7 Å². The van der Waals surface area contributed by atoms with Crippen molar-refractivity contribution in [2.45, 2.75) is 38.3 Å². The van der Waals surface area contributed by atoms with Crippen LogP contribution in [0, 0.1) is 6.92 Å². The summed E-state index contributed by atoms with van der Waals surface area (Å²) < 4.78 is 0.911. The van der Waals surface area contributed by atoms with Gasteiger partial charge in [-0.15, -0.1) is 0 Å². The van der Waals surface area contributed by atoms with Gasteiger partial charge in [-0.2, -0.15) is 0 Å². The summed E-state index contributed by atoms with van der Waals surface area (Å²) >= 11 is 3.52. The van der Waals surface area contributed by atoms with Gasteiger partial charge >= 0.3 is 0 Å². The van der Waals surface area contributed by atoms with E-state index in [1.165, 1.54) is 19.4 Å². The van der Waals surface area contributed by atoms with Crippen molar-refractivity contribution in [3.63, 3.8) is 0 Å². The molecule has 2 unspecified atom stereocenters. The lowest BCUT2D eigenvalue weighted by atomic mass is 10.1. The number of fused-ring (bicyclic) bond motifs is 1. The number of nitrogens with one attached hydrogen (secondary N) is 1. The Balaban J connectivity index is 1.73. The van der Waals surface area contributed by atoms with Crippen LogP contribution in [-0.4, -0.2) is 36.0 Å². The minimum atomic E-state index is 0.0503. The molecule has 0 spiro atoms. The highest BCUT2D eigenvalue weighted by molar-refractivity contribution is 9.10. The summed E-state index contributed by atoms with van der Waals surface area (Å²) in [4.78, 5) is 14.9. The summed E-state index contributed by atoms with van der Waals surface area (Å²) in [5, 5.41) is 3.22. The van der Waals surface area contributed by atoms with E-state index in [2.05, 4.69) is 26.1 Å². The summed E-state index contributed by atoms with van der Waals surface area (Å²) in [6.45, 7) is 4.34. The van der Waals surface area contributed by atoms with Gasteiger partial charge in [0, 0.05) is 23.1 Å². The van der Waals surface area contributed by atoms with Crippen molar-refractivity contribution < 1.29 is 4.79 Å². The molecule has 0 aliphatic carbocycles. The SMILES string of the molecule is Cc1cccc(C(=O)NC2CCN3CCCC23)c1Br. The lowest BCUT2D eigenvalue weighted by Gasteiger charge is -2.21. The fraction of sp³-hybridized carbons (Fsp3) is 0.533. The van der Waals surface area contributed by atoms with Crippen LogP contribution in [-0.2, 0) is 0 Å². The van der Waals surface area contributed by atoms with Crippen LogP contribution in [0.25, 0.3) is 0 Å². The van der Waals surface area contributed by atoms with E-state index >= 15 is 0 Å². The maximum atomic E-state index is 12.4. The van der Waals surface area contributed by atoms with Gasteiger partial charge in [0.2, 0.25) is 0 Å². The monoisotopic (exact) mass is 322 g/mol. The fourth-order valence-electron chi connectivity index (χ4n) is 3.32. The van der Waals surface area contributed by atoms with Crippen LogP contribution in [0.5, 0.6) is 0 Å². The van der Waals surface area contributed by atoms with E-state index < -0.39 is 0 Å². The van der Waals surface area contributed by atoms with E-state index in [4.69, 9.17) is 0 Å². The van der Waals surface area contributed by atoms with E-state index in [0.717, 1.165) is 28.6 Å². The summed E-state index contributed by atoms with van der Waals surface area (Å²) in [5.74, 6) is 0.0503. The Morgan fingerprint density at radius 2 is 2.21 bits per heavy atom. The highest BCUT2D eigenvalue weighted by Gasteiger charge is 2.37. The Morgan fingerprint density at radius 3 is 3.05 bits per heavy atom. The number of hydrogen-bond acceptors (Lipinski definition) is 2. The number of halogens is 1. The molecular formula is C15H19BrN2O. The van der Waals surface area contributed by atoms with Crippen molar-refractivity contribution in [1.82, 2.24) is 10.2 Å². The first kappa shape index (κ1) is 13.1. The zero-order valence-corrected chi connectivity index (χ0v) is 12.7. The Kier molecular flexibility index (Phi) is 3.63. The van der Waals surface area contributed by atoms with E-state index in [-0.39, 0.29) is 5.91 Å². The zero-order valence-electron chi connectivity index (χ0n) is 11.2. The second-order valence-corrected chi connectivity index (χ2v) is 6.34. The molecule has 2 saturated heterocycles. The van der Waals surface area contributed by atoms with Gasteiger partial charge in [0.1, 0.15) is 0 Å². The maximum Gasteiger partial charge on any atom is 0.252 e. The second kappa shape index (κ2) is 5.25. The quantitative estimate of drug-likeness (QED) is 0.908. The second-order valence-electron chi connectivity index (χ2n) is 5.55. The van der Waals surface area contributed by atoms with Crippen LogP contribution in [0.3, 0.4) is 0 Å². The Morgan fingerprint density at radius 1 is 1.37 bits per heavy atom. The van der Waals surface area contributed by atoms with Crippen molar-refractivity contribution in [1.29, 1.82) is 0 Å². The van der Waals surface area contributed by atoms with Crippen molar-refractivity contribution in [2.24, 2.45) is 0 Å². The van der Waals surface area contributed by atoms with Gasteiger partial charge < -0.3 is 5.32 Å². The van der Waals surface area contributed by atoms with Gasteiger partial charge in [-0.3, -0.25) is 9.69 Å². The molecule has 102 valence electrons. The van der Waals surface area contributed by atoms with E-state index in [9.17, 15) is 4.79 Å². The Labute approximate surface area is 122 Å². The number of hydrogen-bond donors (Lipinski definition) is 1. The molecule has 2 atom stereocenters. The summed E-state index contributed by atoms with van der Waals surface area (Å²) in [6, 6.07) is 6.71. The average Bonchev–Trinajstić information content (AvgIpc) is 2.97. The third-order valence-electron chi connectivity index (χ3n) is 4.36. The van der Waals surface area contributed by atoms with Crippen molar-refractivity contribution in [3.8, 4) is 0 Å². The molecule has 0 radical (unpaired) electrons. The number of rotatable bonds is 2. The van der Waals surface area contributed by atoms with Crippen LogP contribution >= 0.6 is 15.9 Å². The molecule has 3 nitrogen and oxygen atoms in total. The third kappa shape index (κ3) is 2.43. The fourth-order valence-corrected chi connectivity index (χ4v) is 3.76. The van der Waals surface area contributed by atoms with E-state index in [0.29, 0.717) is 12.1 Å². The number of aryl methyl sites for hydroxylation is 1. The Bertz CT molecular complexity index is 503. The standard InChI is InChI=1S/C15H19BrN2O/c1-10-4-2-5-11(14(10)16)15(19)17-12-7-9-18-8-3-6-13(12)18/h2,4-5,12-13H,3,6-9H2,1H3,(H,17,19). The van der Waals surface area contributed by atoms with E-state index in [1.807, 2.05) is 25.1 Å². The zero-order chi connectivity index (χ0) is 13.4. The molecule has 2 heterocycles. The predicted octanol–water partition coefficient (Wildman–Crippen LogP) is 2.72. The molecule has 4 heteroatoms. The molecule has 19 heavy (non-hydrogen) atoms. The van der Waals surface area contributed by atoms with Gasteiger partial charge in [0.25, 0.3) is 5.91 Å². The number of carbonyl (C=O) groups is 1. The molecule has 2 aliphatic rings. The first-order valence-corrected chi connectivity index (χ1v) is 7.76. The van der Waals surface area contributed by atoms with Crippen LogP contribution in [0.1, 0.15) is 35.2 Å². The molecule has 0 aromatic heterocycles. The molecule has 0 saturated carbocycles. The number of nitrogens with zero attached hydrogens (tertiary/aromatic N) is 1. The summed E-state index contributed by atoms with van der Waals surface area (Å²) in [7, 11) is 0. The smallest absolute Gasteiger partial charge is 0.252 e. The number of benzene rings is 1. The van der Waals surface area contributed by atoms with Crippen molar-refractivity contribution >= 4 is 21.8 Å². The first-order valence-electron chi connectivity index (χ1n) is 6.97. The third-order valence-corrected chi connectivity index (χ3v) is 5.41. The summed E-state index contributed by atoms with van der Waals surface area (Å²) in [5.41, 5.74) is 1.85. The van der Waals surface area contributed by atoms with Crippen molar-refractivity contribution in [3.05, 3.63) is 33.8 Å². The minimum Gasteiger partial charge on any atom is -0.348 e. The maximum absolute atomic E-state index is 12.4. The molecular weight excluding hydrogens is 304 g/mol. The molecule has 0 bridgehead atoms. The number of carbonyl (C=O) groups excluding carboxylic acids is 1. The molecule has 1 aromatic rings. The van der Waals surface area contributed by atoms with Gasteiger partial charge in [-0.25, -0.2) is 0 Å². The highest BCUT2D eigenvalue weighted by atomic mass is 79.9. The van der Waals surface area contributed by atoms with Gasteiger partial charge in [0.15, 0.2) is 0 Å². The molecule has 1 aromatic carbocycles. The minimum absolute atomic E-state index is 0.0503. The lowest BCUT2D eigenvalue weighted by Crippen LogP contribution is -2.42. The Hall–Kier alpha value is -0.870. The largest absolute Gasteiger partial charge is 0.348 e. The molecule has 2 fully saturated rings. The van der Waals surface area contributed by atoms with Crippen molar-refractivity contribution in [2.75, 3.05) is 13.1 Å². The molecule has 1 amide bonds. The average molecular weight is 323 g/mol. The molecule has 2 aliphatic heterocycles. The summed E-state index contributed by atoms with van der Waals surface area (Å²) in [6.07, 6.45) is 3.57. The van der Waals surface area contributed by atoms with E-state index in [1.54, 1.807) is 0 Å². The number of amides is 1. The van der Waals surface area contributed by atoms with Gasteiger partial charge in [-0.05, 0) is 60.3 Å². The molecule has 3 rings (SSSR count). The first-order chi connectivity index (χ1) is 9.16. The normalized spacial score (nSPS) is 26.4. The van der Waals surface area contributed by atoms with Crippen LogP contribution in [0.2, 0.25) is 0 Å². The van der Waals surface area contributed by atoms with Crippen LogP contribution < -0.4 is 5.32 Å². The predicted molar refractivity (Wildman–Crippen MR) is 79.3 cm³/mol.